The average molecular weight is 721 g/mol. The van der Waals surface area contributed by atoms with E-state index in [0.717, 1.165) is 31.4 Å². The Morgan fingerprint density at radius 1 is 1.04 bits per heavy atom. The summed E-state index contributed by atoms with van der Waals surface area (Å²) >= 11 is 0. The molecule has 6 bridgehead atoms. The molecule has 12 heteroatoms. The number of esters is 1. The Labute approximate surface area is 302 Å². The Bertz CT molecular complexity index is 1960. The molecule has 0 amide bonds. The number of fused-ring (bicyclic) bond motifs is 8. The number of piperidine rings is 1. The van der Waals surface area contributed by atoms with Crippen molar-refractivity contribution in [1.29, 1.82) is 0 Å². The molecule has 4 aromatic rings. The number of alkyl halides is 3. The number of allylic oxidation sites excluding steroid dienone is 1. The first kappa shape index (κ1) is 37.3. The number of carbonyl (C=O) groups is 1. The zero-order chi connectivity index (χ0) is 37.4. The number of anilines is 1. The summed E-state index contributed by atoms with van der Waals surface area (Å²) in [6.45, 7) is 13.2. The number of methoxy groups -OCH3 is 1. The van der Waals surface area contributed by atoms with Gasteiger partial charge in [-0.3, -0.25) is 0 Å². The summed E-state index contributed by atoms with van der Waals surface area (Å²) in [5.74, 6) is 0.475. The third-order valence-electron chi connectivity index (χ3n) is 9.61. The summed E-state index contributed by atoms with van der Waals surface area (Å²) in [4.78, 5) is 20.5. The van der Waals surface area contributed by atoms with E-state index in [-0.39, 0.29) is 11.7 Å². The lowest BCUT2D eigenvalue weighted by Gasteiger charge is -2.41. The molecule has 2 aromatic carbocycles. The van der Waals surface area contributed by atoms with Crippen LogP contribution in [0, 0.1) is 6.92 Å². The third-order valence-corrected chi connectivity index (χ3v) is 9.61. The van der Waals surface area contributed by atoms with E-state index in [0.29, 0.717) is 77.0 Å². The fraction of sp³-hybridized carbons (Fsp3) is 0.475. The van der Waals surface area contributed by atoms with Gasteiger partial charge < -0.3 is 23.8 Å². The van der Waals surface area contributed by atoms with Crippen molar-refractivity contribution >= 4 is 17.4 Å². The molecule has 2 atom stereocenters. The Hall–Kier alpha value is -4.42. The topological polar surface area (TPSA) is 87.4 Å². The summed E-state index contributed by atoms with van der Waals surface area (Å²) in [6.07, 6.45) is 1.04. The lowest BCUT2D eigenvalue weighted by Crippen LogP contribution is -2.45. The van der Waals surface area contributed by atoms with Crippen LogP contribution in [-0.2, 0) is 25.2 Å². The van der Waals surface area contributed by atoms with E-state index in [9.17, 15) is 18.0 Å². The van der Waals surface area contributed by atoms with Gasteiger partial charge in [-0.25, -0.2) is 9.78 Å². The molecule has 52 heavy (non-hydrogen) atoms. The first-order valence-corrected chi connectivity index (χ1v) is 17.7. The van der Waals surface area contributed by atoms with Gasteiger partial charge in [0.25, 0.3) is 0 Å². The standard InChI is InChI=1S/C40H47F3N4O5/c1-25-12-9-8-10-21-50-39(6)17-19-46(20-18-39)36-34(35(37(48)49-7)52-38(3,4)5)26(2)44-33-24-31(45-47(33)36)28-14-11-13-27(22-28)30-23-29(40(41,42)43)15-16-32(30)51-25/h8,10-11,13-16,22-25,35H,9,12,17-21H2,1-7H3/b10-8-/t25-,35-/m0/s1. The number of hydrogen-bond donors (Lipinski definition) is 0. The Balaban J connectivity index is 1.55. The summed E-state index contributed by atoms with van der Waals surface area (Å²) in [5.41, 5.74) is 1.99. The predicted octanol–water partition coefficient (Wildman–Crippen LogP) is 8.91. The van der Waals surface area contributed by atoms with Gasteiger partial charge in [0.1, 0.15) is 11.6 Å². The Kier molecular flexibility index (Phi) is 10.4. The van der Waals surface area contributed by atoms with Crippen LogP contribution in [0.25, 0.3) is 28.0 Å². The highest BCUT2D eigenvalue weighted by Gasteiger charge is 2.38. The number of aryl methyl sites for hydroxylation is 1. The maximum absolute atomic E-state index is 14.0. The van der Waals surface area contributed by atoms with Gasteiger partial charge in [-0.05, 0) is 97.1 Å². The number of hydrogen-bond acceptors (Lipinski definition) is 8. The van der Waals surface area contributed by atoms with E-state index in [1.165, 1.54) is 13.2 Å². The minimum atomic E-state index is -4.53. The number of benzene rings is 2. The van der Waals surface area contributed by atoms with Crippen molar-refractivity contribution in [3.05, 3.63) is 77.5 Å². The second kappa shape index (κ2) is 14.5. The van der Waals surface area contributed by atoms with Crippen LogP contribution in [0.3, 0.4) is 0 Å². The van der Waals surface area contributed by atoms with E-state index < -0.39 is 29.4 Å². The molecular weight excluding hydrogens is 673 g/mol. The highest BCUT2D eigenvalue weighted by Crippen LogP contribution is 2.41. The number of carbonyl (C=O) groups excluding carboxylic acids is 1. The van der Waals surface area contributed by atoms with Gasteiger partial charge in [0.2, 0.25) is 0 Å². The summed E-state index contributed by atoms with van der Waals surface area (Å²) in [6, 6.07) is 12.7. The molecule has 7 rings (SSSR count). The molecule has 0 radical (unpaired) electrons. The van der Waals surface area contributed by atoms with Gasteiger partial charge in [-0.15, -0.1) is 0 Å². The zero-order valence-corrected chi connectivity index (χ0v) is 30.8. The maximum Gasteiger partial charge on any atom is 0.416 e. The lowest BCUT2D eigenvalue weighted by molar-refractivity contribution is -0.164. The molecule has 1 fully saturated rings. The second-order valence-corrected chi connectivity index (χ2v) is 14.9. The first-order valence-electron chi connectivity index (χ1n) is 17.7. The van der Waals surface area contributed by atoms with E-state index in [2.05, 4.69) is 17.9 Å². The SMILES string of the molecule is COC(=O)[C@@H](OC(C)(C)C)c1c(C)nc2cc3nn2c1N1CCC(C)(CC1)OC/C=C\CC[C@H](C)Oc1ccc(C(F)(F)F)cc1-c1cccc-3c1. The Morgan fingerprint density at radius 3 is 2.46 bits per heavy atom. The van der Waals surface area contributed by atoms with Crippen LogP contribution >= 0.6 is 0 Å². The minimum absolute atomic E-state index is 0.253. The van der Waals surface area contributed by atoms with Gasteiger partial charge in [-0.2, -0.15) is 22.8 Å². The Morgan fingerprint density at radius 2 is 1.77 bits per heavy atom. The van der Waals surface area contributed by atoms with Crippen molar-refractivity contribution in [1.82, 2.24) is 14.6 Å². The van der Waals surface area contributed by atoms with Crippen LogP contribution in [0.4, 0.5) is 19.0 Å². The molecule has 3 aliphatic rings. The molecule has 0 N–H and O–H groups in total. The molecule has 0 unspecified atom stereocenters. The number of halogens is 3. The van der Waals surface area contributed by atoms with Crippen molar-refractivity contribution in [2.75, 3.05) is 31.7 Å². The van der Waals surface area contributed by atoms with Gasteiger partial charge in [0.05, 0.1) is 47.8 Å². The monoisotopic (exact) mass is 720 g/mol. The van der Waals surface area contributed by atoms with E-state index in [4.69, 9.17) is 29.0 Å². The molecule has 0 saturated carbocycles. The number of nitrogens with zero attached hydrogens (tertiary/aromatic N) is 4. The quantitative estimate of drug-likeness (QED) is 0.153. The molecular formula is C40H47F3N4O5. The van der Waals surface area contributed by atoms with E-state index >= 15 is 0 Å². The number of ether oxygens (including phenoxy) is 4. The van der Waals surface area contributed by atoms with Crippen LogP contribution in [0.2, 0.25) is 0 Å². The van der Waals surface area contributed by atoms with E-state index in [1.54, 1.807) is 16.6 Å². The fourth-order valence-corrected chi connectivity index (χ4v) is 6.81. The smallest absolute Gasteiger partial charge is 0.416 e. The van der Waals surface area contributed by atoms with Crippen molar-refractivity contribution < 1.29 is 36.9 Å². The van der Waals surface area contributed by atoms with Crippen LogP contribution in [0.15, 0.2) is 60.7 Å². The first-order chi connectivity index (χ1) is 24.5. The van der Waals surface area contributed by atoms with Gasteiger partial charge in [-0.1, -0.05) is 30.4 Å². The normalized spacial score (nSPS) is 21.3. The van der Waals surface area contributed by atoms with Gasteiger partial charge in [0, 0.05) is 36.0 Å². The highest BCUT2D eigenvalue weighted by atomic mass is 19.4. The summed E-state index contributed by atoms with van der Waals surface area (Å²) in [5, 5.41) is 5.05. The number of rotatable bonds is 3. The molecule has 3 aliphatic heterocycles. The van der Waals surface area contributed by atoms with Gasteiger partial charge in [0.15, 0.2) is 11.8 Å². The molecule has 2 aromatic heterocycles. The zero-order valence-electron chi connectivity index (χ0n) is 30.8. The van der Waals surface area contributed by atoms with Crippen LogP contribution in [-0.4, -0.2) is 64.7 Å². The minimum Gasteiger partial charge on any atom is -0.490 e. The highest BCUT2D eigenvalue weighted by molar-refractivity contribution is 5.81. The van der Waals surface area contributed by atoms with Crippen molar-refractivity contribution in [3.8, 4) is 28.1 Å². The van der Waals surface area contributed by atoms with Crippen LogP contribution in [0.1, 0.15) is 83.2 Å². The third kappa shape index (κ3) is 8.13. The van der Waals surface area contributed by atoms with Gasteiger partial charge >= 0.3 is 12.1 Å². The maximum atomic E-state index is 14.0. The molecule has 9 nitrogen and oxygen atoms in total. The summed E-state index contributed by atoms with van der Waals surface area (Å²) < 4.78 is 68.0. The molecule has 0 spiro atoms. The molecule has 1 saturated heterocycles. The molecule has 0 aliphatic carbocycles. The predicted molar refractivity (Wildman–Crippen MR) is 193 cm³/mol. The fourth-order valence-electron chi connectivity index (χ4n) is 6.81. The van der Waals surface area contributed by atoms with Crippen molar-refractivity contribution in [2.24, 2.45) is 0 Å². The summed E-state index contributed by atoms with van der Waals surface area (Å²) in [7, 11) is 1.34. The molecule has 278 valence electrons. The average Bonchev–Trinajstić information content (AvgIpc) is 3.51. The number of aromatic nitrogens is 3. The largest absolute Gasteiger partial charge is 0.490 e. The van der Waals surface area contributed by atoms with Crippen LogP contribution in [0.5, 0.6) is 5.75 Å². The van der Waals surface area contributed by atoms with Crippen molar-refractivity contribution in [2.45, 2.75) is 96.8 Å². The van der Waals surface area contributed by atoms with Crippen molar-refractivity contribution in [3.63, 3.8) is 0 Å². The second-order valence-electron chi connectivity index (χ2n) is 14.9. The van der Waals surface area contributed by atoms with Crippen LogP contribution < -0.4 is 9.64 Å². The molecule has 5 heterocycles. The lowest BCUT2D eigenvalue weighted by atomic mass is 9.92. The van der Waals surface area contributed by atoms with E-state index in [1.807, 2.05) is 58.9 Å².